The largest absolute Gasteiger partial charge is 0.481 e. The average molecular weight is 413 g/mol. The SMILES string of the molecule is C[C@]12CC[C@H]3[C@@H]([C@H](C#N)C[C@]4(C#N)CC(=O)CC[C@]34C)[C@@H]1CC[C@@]2(O)CCC(=O)O. The van der Waals surface area contributed by atoms with Crippen molar-refractivity contribution in [1.82, 2.24) is 0 Å². The number of hydrogen-bond acceptors (Lipinski definition) is 5. The molecule has 0 bridgehead atoms. The van der Waals surface area contributed by atoms with Gasteiger partial charge in [0.05, 0.1) is 29.1 Å². The number of carboxylic acids is 1. The van der Waals surface area contributed by atoms with Gasteiger partial charge in [-0.2, -0.15) is 10.5 Å². The molecule has 0 aromatic heterocycles. The number of carboxylic acid groups (broad SMARTS) is 1. The van der Waals surface area contributed by atoms with Gasteiger partial charge < -0.3 is 10.2 Å². The molecular weight excluding hydrogens is 380 g/mol. The molecule has 4 rings (SSSR count). The van der Waals surface area contributed by atoms with Crippen LogP contribution in [0.1, 0.15) is 78.1 Å². The summed E-state index contributed by atoms with van der Waals surface area (Å²) in [6.45, 7) is 4.26. The molecule has 2 N–H and O–H groups in total. The van der Waals surface area contributed by atoms with Crippen molar-refractivity contribution in [2.45, 2.75) is 83.7 Å². The number of carbonyl (C=O) groups excluding carboxylic acids is 1. The first-order chi connectivity index (χ1) is 14.1. The van der Waals surface area contributed by atoms with Gasteiger partial charge in [-0.25, -0.2) is 0 Å². The highest BCUT2D eigenvalue weighted by molar-refractivity contribution is 5.81. The third-order valence-electron chi connectivity index (χ3n) is 10.2. The smallest absolute Gasteiger partial charge is 0.303 e. The molecule has 0 spiro atoms. The predicted octanol–water partition coefficient (Wildman–Crippen LogP) is 3.84. The Morgan fingerprint density at radius 1 is 1.13 bits per heavy atom. The number of nitriles is 2. The molecule has 0 radical (unpaired) electrons. The van der Waals surface area contributed by atoms with Crippen LogP contribution in [0.3, 0.4) is 0 Å². The fourth-order valence-corrected chi connectivity index (χ4v) is 8.30. The van der Waals surface area contributed by atoms with Gasteiger partial charge in [-0.15, -0.1) is 0 Å². The highest BCUT2D eigenvalue weighted by Crippen LogP contribution is 2.72. The van der Waals surface area contributed by atoms with Crippen molar-refractivity contribution in [3.05, 3.63) is 0 Å². The summed E-state index contributed by atoms with van der Waals surface area (Å²) in [5.74, 6) is -0.648. The maximum Gasteiger partial charge on any atom is 0.303 e. The predicted molar refractivity (Wildman–Crippen MR) is 108 cm³/mol. The molecule has 4 saturated carbocycles. The van der Waals surface area contributed by atoms with Crippen molar-refractivity contribution in [3.8, 4) is 12.1 Å². The van der Waals surface area contributed by atoms with Gasteiger partial charge in [0.2, 0.25) is 0 Å². The van der Waals surface area contributed by atoms with Crippen LogP contribution in [0.2, 0.25) is 0 Å². The number of fused-ring (bicyclic) bond motifs is 5. The van der Waals surface area contributed by atoms with Crippen molar-refractivity contribution in [2.75, 3.05) is 0 Å². The quantitative estimate of drug-likeness (QED) is 0.726. The normalized spacial score (nSPS) is 49.8. The Balaban J connectivity index is 1.73. The standard InChI is InChI=1S/C24H32N2O4/c1-21-7-3-16(27)12-23(21,14-26)11-15(13-25)20-17(21)4-8-22(2)18(20)5-9-24(22,30)10-6-19(28)29/h15,17-18,20,30H,3-12H2,1-2H3,(H,28,29)/t15-,17-,18-,20+,21+,22-,23+,24+/m0/s1. The number of ketones is 1. The number of carbonyl (C=O) groups is 2. The Hall–Kier alpha value is -1.92. The lowest BCUT2D eigenvalue weighted by molar-refractivity contribution is -0.182. The first kappa shape index (κ1) is 21.3. The van der Waals surface area contributed by atoms with Crippen LogP contribution >= 0.6 is 0 Å². The molecule has 6 nitrogen and oxygen atoms in total. The number of nitrogens with zero attached hydrogens (tertiary/aromatic N) is 2. The lowest BCUT2D eigenvalue weighted by Crippen LogP contribution is -2.62. The van der Waals surface area contributed by atoms with E-state index in [-0.39, 0.29) is 54.1 Å². The lowest BCUT2D eigenvalue weighted by Gasteiger charge is -2.64. The highest BCUT2D eigenvalue weighted by Gasteiger charge is 2.69. The van der Waals surface area contributed by atoms with Gasteiger partial charge in [-0.1, -0.05) is 13.8 Å². The average Bonchev–Trinajstić information content (AvgIpc) is 2.98. The number of aliphatic carboxylic acids is 1. The molecule has 0 aromatic rings. The molecule has 6 heteroatoms. The van der Waals surface area contributed by atoms with Crippen LogP contribution in [0.15, 0.2) is 0 Å². The fraction of sp³-hybridized carbons (Fsp3) is 0.833. The van der Waals surface area contributed by atoms with Gasteiger partial charge in [0.25, 0.3) is 0 Å². The minimum absolute atomic E-state index is 0.0496. The second-order valence-corrected chi connectivity index (χ2v) is 11.0. The van der Waals surface area contributed by atoms with E-state index in [1.807, 2.05) is 0 Å². The van der Waals surface area contributed by atoms with Gasteiger partial charge in [0.15, 0.2) is 0 Å². The van der Waals surface area contributed by atoms with Crippen LogP contribution in [-0.4, -0.2) is 27.6 Å². The van der Waals surface area contributed by atoms with Gasteiger partial charge in [-0.05, 0) is 73.5 Å². The zero-order valence-electron chi connectivity index (χ0n) is 18.0. The summed E-state index contributed by atoms with van der Waals surface area (Å²) in [4.78, 5) is 23.5. The van der Waals surface area contributed by atoms with Crippen molar-refractivity contribution < 1.29 is 19.8 Å². The van der Waals surface area contributed by atoms with Gasteiger partial charge in [0.1, 0.15) is 5.78 Å². The van der Waals surface area contributed by atoms with Crippen molar-refractivity contribution in [1.29, 1.82) is 10.5 Å². The van der Waals surface area contributed by atoms with E-state index >= 15 is 0 Å². The molecule has 0 amide bonds. The van der Waals surface area contributed by atoms with E-state index < -0.39 is 22.4 Å². The van der Waals surface area contributed by atoms with Crippen molar-refractivity contribution >= 4 is 11.8 Å². The minimum atomic E-state index is -1.02. The summed E-state index contributed by atoms with van der Waals surface area (Å²) in [5, 5.41) is 41.0. The second kappa shape index (κ2) is 6.79. The first-order valence-corrected chi connectivity index (χ1v) is 11.3. The molecule has 4 fully saturated rings. The zero-order valence-corrected chi connectivity index (χ0v) is 18.0. The fourth-order valence-electron chi connectivity index (χ4n) is 8.30. The van der Waals surface area contributed by atoms with Crippen molar-refractivity contribution in [2.24, 2.45) is 39.9 Å². The maximum atomic E-state index is 12.3. The molecule has 0 aromatic carbocycles. The van der Waals surface area contributed by atoms with Crippen LogP contribution in [0.4, 0.5) is 0 Å². The number of rotatable bonds is 3. The first-order valence-electron chi connectivity index (χ1n) is 11.3. The van der Waals surface area contributed by atoms with Crippen LogP contribution in [0.25, 0.3) is 0 Å². The Bertz CT molecular complexity index is 858. The van der Waals surface area contributed by atoms with E-state index in [9.17, 15) is 25.2 Å². The topological polar surface area (TPSA) is 122 Å². The second-order valence-electron chi connectivity index (χ2n) is 11.0. The molecule has 0 heterocycles. The van der Waals surface area contributed by atoms with E-state index in [1.54, 1.807) is 0 Å². The molecule has 0 unspecified atom stereocenters. The molecule has 8 atom stereocenters. The van der Waals surface area contributed by atoms with Gasteiger partial charge in [-0.3, -0.25) is 9.59 Å². The Morgan fingerprint density at radius 3 is 2.43 bits per heavy atom. The molecular formula is C24H32N2O4. The number of Topliss-reactive ketones (excluding diaryl/α,β-unsaturated/α-hetero) is 1. The Labute approximate surface area is 178 Å². The van der Waals surface area contributed by atoms with E-state index in [2.05, 4.69) is 26.0 Å². The molecule has 4 aliphatic rings. The van der Waals surface area contributed by atoms with Gasteiger partial charge in [0, 0.05) is 19.3 Å². The third kappa shape index (κ3) is 2.62. The highest BCUT2D eigenvalue weighted by atomic mass is 16.4. The monoisotopic (exact) mass is 412 g/mol. The van der Waals surface area contributed by atoms with Gasteiger partial charge >= 0.3 is 5.97 Å². The van der Waals surface area contributed by atoms with Crippen LogP contribution in [-0.2, 0) is 9.59 Å². The molecule has 30 heavy (non-hydrogen) atoms. The summed E-state index contributed by atoms with van der Waals surface area (Å²) >= 11 is 0. The Kier molecular flexibility index (Phi) is 4.83. The van der Waals surface area contributed by atoms with Crippen LogP contribution < -0.4 is 0 Å². The number of aliphatic hydroxyl groups is 1. The molecule has 162 valence electrons. The minimum Gasteiger partial charge on any atom is -0.481 e. The Morgan fingerprint density at radius 2 is 1.80 bits per heavy atom. The van der Waals surface area contributed by atoms with E-state index in [1.165, 1.54) is 0 Å². The van der Waals surface area contributed by atoms with E-state index in [0.29, 0.717) is 25.7 Å². The maximum absolute atomic E-state index is 12.3. The van der Waals surface area contributed by atoms with E-state index in [0.717, 1.165) is 19.3 Å². The summed E-state index contributed by atoms with van der Waals surface area (Å²) in [6, 6.07) is 5.02. The third-order valence-corrected chi connectivity index (χ3v) is 10.2. The molecule has 4 aliphatic carbocycles. The summed E-state index contributed by atoms with van der Waals surface area (Å²) < 4.78 is 0. The molecule has 0 aliphatic heterocycles. The van der Waals surface area contributed by atoms with Crippen LogP contribution in [0, 0.1) is 62.6 Å². The van der Waals surface area contributed by atoms with Crippen molar-refractivity contribution in [3.63, 3.8) is 0 Å². The zero-order chi connectivity index (χ0) is 21.9. The summed E-state index contributed by atoms with van der Waals surface area (Å²) in [6.07, 6.45) is 5.05. The molecule has 0 saturated heterocycles. The number of hydrogen-bond donors (Lipinski definition) is 2. The van der Waals surface area contributed by atoms with Crippen LogP contribution in [0.5, 0.6) is 0 Å². The lowest BCUT2D eigenvalue weighted by atomic mass is 9.38. The summed E-state index contributed by atoms with van der Waals surface area (Å²) in [5.41, 5.74) is -2.49. The summed E-state index contributed by atoms with van der Waals surface area (Å²) in [7, 11) is 0. The van der Waals surface area contributed by atoms with E-state index in [4.69, 9.17) is 5.11 Å².